The lowest BCUT2D eigenvalue weighted by molar-refractivity contribution is -0.150. The minimum Gasteiger partial charge on any atom is -0.467 e. The molecule has 0 radical (unpaired) electrons. The van der Waals surface area contributed by atoms with Gasteiger partial charge in [-0.25, -0.2) is 4.79 Å². The molecule has 84 valence electrons. The van der Waals surface area contributed by atoms with Crippen molar-refractivity contribution < 1.29 is 14.6 Å². The van der Waals surface area contributed by atoms with E-state index in [0.717, 1.165) is 10.9 Å². The van der Waals surface area contributed by atoms with E-state index in [0.29, 0.717) is 10.6 Å². The number of hydrogen-bond donors (Lipinski definition) is 2. The van der Waals surface area contributed by atoms with Gasteiger partial charge in [0.1, 0.15) is 0 Å². The van der Waals surface area contributed by atoms with Crippen LogP contribution in [-0.2, 0) is 9.53 Å². The van der Waals surface area contributed by atoms with Crippen molar-refractivity contribution in [3.05, 3.63) is 35.0 Å². The van der Waals surface area contributed by atoms with Crippen LogP contribution in [0.5, 0.6) is 0 Å². The summed E-state index contributed by atoms with van der Waals surface area (Å²) in [7, 11) is 1.22. The van der Waals surface area contributed by atoms with Gasteiger partial charge in [0.05, 0.1) is 12.1 Å². The molecule has 0 bridgehead atoms. The molecule has 0 saturated carbocycles. The van der Waals surface area contributed by atoms with Gasteiger partial charge in [-0.05, 0) is 23.8 Å². The number of hydrogen-bond acceptors (Lipinski definition) is 3. The highest BCUT2D eigenvalue weighted by Gasteiger charge is 2.19. The van der Waals surface area contributed by atoms with E-state index in [1.807, 2.05) is 6.07 Å². The Bertz CT molecular complexity index is 535. The summed E-state index contributed by atoms with van der Waals surface area (Å²) in [6.45, 7) is 0. The molecule has 1 atom stereocenters. The molecule has 1 unspecified atom stereocenters. The zero-order valence-corrected chi connectivity index (χ0v) is 9.28. The minimum absolute atomic E-state index is 0.409. The number of halogens is 1. The maximum Gasteiger partial charge on any atom is 0.339 e. The highest BCUT2D eigenvalue weighted by Crippen LogP contribution is 2.27. The molecule has 4 nitrogen and oxygen atoms in total. The van der Waals surface area contributed by atoms with E-state index in [2.05, 4.69) is 9.72 Å². The summed E-state index contributed by atoms with van der Waals surface area (Å²) < 4.78 is 4.46. The van der Waals surface area contributed by atoms with Crippen LogP contribution in [0.25, 0.3) is 10.9 Å². The molecule has 0 saturated heterocycles. The van der Waals surface area contributed by atoms with Crippen LogP contribution in [0.15, 0.2) is 24.4 Å². The quantitative estimate of drug-likeness (QED) is 0.789. The summed E-state index contributed by atoms with van der Waals surface area (Å²) in [4.78, 5) is 14.1. The van der Waals surface area contributed by atoms with Gasteiger partial charge in [0.2, 0.25) is 0 Å². The Kier molecular flexibility index (Phi) is 2.85. The molecule has 2 rings (SSSR count). The molecule has 1 heterocycles. The molecule has 0 aliphatic rings. The zero-order chi connectivity index (χ0) is 11.7. The number of benzene rings is 1. The number of nitrogens with one attached hydrogen (secondary N) is 1. The summed E-state index contributed by atoms with van der Waals surface area (Å²) in [6.07, 6.45) is 0.431. The van der Waals surface area contributed by atoms with Crippen LogP contribution < -0.4 is 0 Å². The van der Waals surface area contributed by atoms with Crippen LogP contribution in [0, 0.1) is 0 Å². The minimum atomic E-state index is -1.31. The molecule has 0 amide bonds. The number of rotatable bonds is 2. The summed E-state index contributed by atoms with van der Waals surface area (Å²) in [5.41, 5.74) is 1.18. The Labute approximate surface area is 96.8 Å². The molecule has 0 aliphatic carbocycles. The molecular weight excluding hydrogens is 230 g/mol. The smallest absolute Gasteiger partial charge is 0.339 e. The first-order valence-corrected chi connectivity index (χ1v) is 5.03. The van der Waals surface area contributed by atoms with E-state index in [1.165, 1.54) is 7.11 Å². The van der Waals surface area contributed by atoms with E-state index in [9.17, 15) is 9.90 Å². The van der Waals surface area contributed by atoms with Crippen LogP contribution in [-0.4, -0.2) is 23.2 Å². The van der Waals surface area contributed by atoms with E-state index < -0.39 is 12.1 Å². The fraction of sp³-hybridized carbons (Fsp3) is 0.182. The first-order valence-electron chi connectivity index (χ1n) is 4.66. The van der Waals surface area contributed by atoms with Crippen molar-refractivity contribution in [3.63, 3.8) is 0 Å². The fourth-order valence-electron chi connectivity index (χ4n) is 1.55. The molecule has 2 N–H and O–H groups in total. The van der Waals surface area contributed by atoms with Crippen molar-refractivity contribution in [3.8, 4) is 0 Å². The maximum absolute atomic E-state index is 11.2. The second kappa shape index (κ2) is 4.15. The third kappa shape index (κ3) is 1.77. The van der Waals surface area contributed by atoms with E-state index in [1.54, 1.807) is 18.3 Å². The fourth-order valence-corrected chi connectivity index (χ4v) is 1.84. The van der Waals surface area contributed by atoms with Crippen molar-refractivity contribution >= 4 is 28.5 Å². The average Bonchev–Trinajstić information content (AvgIpc) is 2.75. The van der Waals surface area contributed by atoms with Crippen molar-refractivity contribution in [1.82, 2.24) is 4.98 Å². The molecule has 5 heteroatoms. The SMILES string of the molecule is COC(=O)C(O)c1cc(Cl)c2cc[nH]c2c1. The number of H-pyrrole nitrogens is 1. The molecule has 0 aliphatic heterocycles. The summed E-state index contributed by atoms with van der Waals surface area (Å²) >= 11 is 6.01. The first-order chi connectivity index (χ1) is 7.63. The van der Waals surface area contributed by atoms with Crippen LogP contribution in [0.4, 0.5) is 0 Å². The predicted octanol–water partition coefficient (Wildman–Crippen LogP) is 2.03. The van der Waals surface area contributed by atoms with Gasteiger partial charge in [-0.2, -0.15) is 0 Å². The van der Waals surface area contributed by atoms with Gasteiger partial charge in [-0.3, -0.25) is 0 Å². The van der Waals surface area contributed by atoms with Gasteiger partial charge in [-0.1, -0.05) is 11.6 Å². The first kappa shape index (κ1) is 11.0. The van der Waals surface area contributed by atoms with Gasteiger partial charge >= 0.3 is 5.97 Å². The van der Waals surface area contributed by atoms with E-state index in [-0.39, 0.29) is 0 Å². The number of aliphatic hydroxyl groups excluding tert-OH is 1. The third-order valence-electron chi connectivity index (χ3n) is 2.38. The number of fused-ring (bicyclic) bond motifs is 1. The summed E-state index contributed by atoms with van der Waals surface area (Å²) in [6, 6.07) is 5.05. The molecule has 1 aromatic carbocycles. The van der Waals surface area contributed by atoms with Crippen LogP contribution in [0.2, 0.25) is 5.02 Å². The lowest BCUT2D eigenvalue weighted by Gasteiger charge is -2.09. The van der Waals surface area contributed by atoms with Crippen LogP contribution in [0.1, 0.15) is 11.7 Å². The number of esters is 1. The number of methoxy groups -OCH3 is 1. The second-order valence-corrected chi connectivity index (χ2v) is 3.77. The molecule has 0 fully saturated rings. The Morgan fingerprint density at radius 2 is 2.31 bits per heavy atom. The Hall–Kier alpha value is -1.52. The average molecular weight is 240 g/mol. The highest BCUT2D eigenvalue weighted by molar-refractivity contribution is 6.35. The van der Waals surface area contributed by atoms with E-state index >= 15 is 0 Å². The van der Waals surface area contributed by atoms with Crippen molar-refractivity contribution in [2.45, 2.75) is 6.10 Å². The van der Waals surface area contributed by atoms with Crippen molar-refractivity contribution in [1.29, 1.82) is 0 Å². The van der Waals surface area contributed by atoms with Gasteiger partial charge in [0, 0.05) is 17.1 Å². The normalized spacial score (nSPS) is 12.7. The standard InChI is InChI=1S/C11H10ClNO3/c1-16-11(15)10(14)6-4-8(12)7-2-3-13-9(7)5-6/h2-5,10,13-14H,1H3. The monoisotopic (exact) mass is 239 g/mol. The number of carbonyl (C=O) groups excluding carboxylic acids is 1. The molecule has 1 aromatic heterocycles. The topological polar surface area (TPSA) is 62.3 Å². The largest absolute Gasteiger partial charge is 0.467 e. The van der Waals surface area contributed by atoms with Gasteiger partial charge in [-0.15, -0.1) is 0 Å². The highest BCUT2D eigenvalue weighted by atomic mass is 35.5. The zero-order valence-electron chi connectivity index (χ0n) is 8.53. The summed E-state index contributed by atoms with van der Waals surface area (Å²) in [5, 5.41) is 11.0. The number of ether oxygens (including phenoxy) is 1. The maximum atomic E-state index is 11.2. The second-order valence-electron chi connectivity index (χ2n) is 3.37. The number of aromatic nitrogens is 1. The number of carbonyl (C=O) groups is 1. The lowest BCUT2D eigenvalue weighted by Crippen LogP contribution is -2.13. The van der Waals surface area contributed by atoms with Crippen molar-refractivity contribution in [2.75, 3.05) is 7.11 Å². The Balaban J connectivity index is 2.49. The molecule has 16 heavy (non-hydrogen) atoms. The Morgan fingerprint density at radius 1 is 1.56 bits per heavy atom. The lowest BCUT2D eigenvalue weighted by atomic mass is 10.1. The van der Waals surface area contributed by atoms with Gasteiger partial charge < -0.3 is 14.8 Å². The predicted molar refractivity (Wildman–Crippen MR) is 60.3 cm³/mol. The van der Waals surface area contributed by atoms with Crippen molar-refractivity contribution in [2.24, 2.45) is 0 Å². The number of aromatic amines is 1. The Morgan fingerprint density at radius 3 is 3.00 bits per heavy atom. The van der Waals surface area contributed by atoms with Gasteiger partial charge in [0.25, 0.3) is 0 Å². The van der Waals surface area contributed by atoms with Crippen LogP contribution >= 0.6 is 11.6 Å². The molecule has 0 spiro atoms. The van der Waals surface area contributed by atoms with Crippen LogP contribution in [0.3, 0.4) is 0 Å². The third-order valence-corrected chi connectivity index (χ3v) is 2.69. The number of aliphatic hydroxyl groups is 1. The molecular formula is C11H10ClNO3. The van der Waals surface area contributed by atoms with E-state index in [4.69, 9.17) is 11.6 Å². The molecule has 2 aromatic rings. The van der Waals surface area contributed by atoms with Gasteiger partial charge in [0.15, 0.2) is 6.10 Å². The summed E-state index contributed by atoms with van der Waals surface area (Å²) in [5.74, 6) is -0.707.